The summed E-state index contributed by atoms with van der Waals surface area (Å²) in [6.45, 7) is 2.27. The minimum Gasteiger partial charge on any atom is -0.461 e. The number of rotatable bonds is 7. The molecule has 0 aliphatic heterocycles. The van der Waals surface area contributed by atoms with E-state index in [-0.39, 0.29) is 12.3 Å². The van der Waals surface area contributed by atoms with E-state index in [9.17, 15) is 9.59 Å². The first kappa shape index (κ1) is 15.6. The van der Waals surface area contributed by atoms with Gasteiger partial charge in [0.05, 0.1) is 24.2 Å². The van der Waals surface area contributed by atoms with Crippen LogP contribution in [0.25, 0.3) is 0 Å². The molecule has 0 saturated carbocycles. The zero-order valence-corrected chi connectivity index (χ0v) is 12.4. The van der Waals surface area contributed by atoms with Crippen LogP contribution < -0.4 is 5.32 Å². The van der Waals surface area contributed by atoms with Crippen molar-refractivity contribution in [3.05, 3.63) is 28.1 Å². The number of ether oxygens (including phenoxy) is 1. The lowest BCUT2D eigenvalue weighted by Gasteiger charge is -2.01. The predicted octanol–water partition coefficient (Wildman–Crippen LogP) is 0.698. The van der Waals surface area contributed by atoms with Crippen LogP contribution in [0.1, 0.15) is 16.7 Å². The second kappa shape index (κ2) is 7.31. The summed E-state index contributed by atoms with van der Waals surface area (Å²) in [4.78, 5) is 23.3. The third-order valence-electron chi connectivity index (χ3n) is 2.53. The molecule has 0 unspecified atom stereocenters. The molecule has 0 radical (unpaired) electrons. The third-order valence-corrected chi connectivity index (χ3v) is 3.60. The van der Waals surface area contributed by atoms with Crippen molar-refractivity contribution in [1.29, 1.82) is 0 Å². The van der Waals surface area contributed by atoms with Gasteiger partial charge in [-0.2, -0.15) is 0 Å². The van der Waals surface area contributed by atoms with Gasteiger partial charge in [-0.05, 0) is 19.1 Å². The summed E-state index contributed by atoms with van der Waals surface area (Å²) in [5.41, 5.74) is -0.139. The molecule has 0 aliphatic carbocycles. The van der Waals surface area contributed by atoms with Gasteiger partial charge in [0.2, 0.25) is 12.1 Å². The number of thiophene rings is 1. The molecule has 0 atom stereocenters. The normalized spacial score (nSPS) is 11.2. The number of oxime groups is 1. The Labute approximate surface area is 129 Å². The van der Waals surface area contributed by atoms with Crippen molar-refractivity contribution in [1.82, 2.24) is 15.0 Å². The summed E-state index contributed by atoms with van der Waals surface area (Å²) in [5, 5.41) is 21.9. The Balaban J connectivity index is 2.10. The van der Waals surface area contributed by atoms with Gasteiger partial charge in [0, 0.05) is 4.88 Å². The van der Waals surface area contributed by atoms with Gasteiger partial charge in [-0.25, -0.2) is 9.48 Å². The topological polar surface area (TPSA) is 119 Å². The monoisotopic (exact) mass is 323 g/mol. The van der Waals surface area contributed by atoms with Gasteiger partial charge in [-0.1, -0.05) is 10.4 Å². The van der Waals surface area contributed by atoms with Crippen LogP contribution in [0.3, 0.4) is 0 Å². The van der Waals surface area contributed by atoms with E-state index in [0.29, 0.717) is 23.6 Å². The molecule has 2 aromatic rings. The fourth-order valence-electron chi connectivity index (χ4n) is 1.64. The highest BCUT2D eigenvalue weighted by Gasteiger charge is 2.18. The van der Waals surface area contributed by atoms with Crippen LogP contribution in [0, 0.1) is 0 Å². The Morgan fingerprint density at radius 1 is 1.59 bits per heavy atom. The molecule has 2 heterocycles. The standard InChI is InChI=1S/C12H13N5O4S/c1-2-21-12(19)11(15-20)9-4-3-8(22-9)5-17-6-10(13-7-18)14-16-17/h3-4,6-7,20H,2,5H2,1H3,(H,13,18). The number of esters is 1. The average molecular weight is 323 g/mol. The van der Waals surface area contributed by atoms with E-state index in [1.165, 1.54) is 16.0 Å². The maximum atomic E-state index is 11.6. The van der Waals surface area contributed by atoms with Crippen molar-refractivity contribution in [2.45, 2.75) is 13.5 Å². The van der Waals surface area contributed by atoms with E-state index >= 15 is 0 Å². The van der Waals surface area contributed by atoms with Crippen molar-refractivity contribution < 1.29 is 19.5 Å². The number of aromatic nitrogens is 3. The minimum absolute atomic E-state index is 0.139. The maximum absolute atomic E-state index is 11.6. The SMILES string of the molecule is CCOC(=O)C(=NO)c1ccc(Cn2cc(NC=O)nn2)s1. The fourth-order valence-corrected chi connectivity index (χ4v) is 2.61. The number of hydrogen-bond acceptors (Lipinski definition) is 8. The molecule has 22 heavy (non-hydrogen) atoms. The highest BCUT2D eigenvalue weighted by molar-refractivity contribution is 7.14. The third kappa shape index (κ3) is 3.67. The summed E-state index contributed by atoms with van der Waals surface area (Å²) < 4.78 is 6.34. The van der Waals surface area contributed by atoms with E-state index in [2.05, 4.69) is 20.8 Å². The first-order chi connectivity index (χ1) is 10.7. The molecule has 10 heteroatoms. The number of carbonyl (C=O) groups is 2. The summed E-state index contributed by atoms with van der Waals surface area (Å²) >= 11 is 1.27. The van der Waals surface area contributed by atoms with Crippen molar-refractivity contribution in [3.8, 4) is 0 Å². The Kier molecular flexibility index (Phi) is 5.20. The van der Waals surface area contributed by atoms with Gasteiger partial charge in [0.15, 0.2) is 5.82 Å². The van der Waals surface area contributed by atoms with Crippen molar-refractivity contribution >= 4 is 35.2 Å². The van der Waals surface area contributed by atoms with Crippen molar-refractivity contribution in [3.63, 3.8) is 0 Å². The molecule has 0 saturated heterocycles. The average Bonchev–Trinajstić information content (AvgIpc) is 3.11. The first-order valence-corrected chi connectivity index (χ1v) is 7.08. The van der Waals surface area contributed by atoms with Gasteiger partial charge >= 0.3 is 5.97 Å². The molecule has 0 aliphatic rings. The van der Waals surface area contributed by atoms with E-state index in [0.717, 1.165) is 4.88 Å². The molecule has 0 spiro atoms. The van der Waals surface area contributed by atoms with Gasteiger partial charge < -0.3 is 15.3 Å². The molecule has 1 amide bonds. The summed E-state index contributed by atoms with van der Waals surface area (Å²) in [6, 6.07) is 3.44. The second-order valence-corrected chi connectivity index (χ2v) is 5.17. The van der Waals surface area contributed by atoms with Gasteiger partial charge in [-0.15, -0.1) is 16.4 Å². The Hall–Kier alpha value is -2.75. The van der Waals surface area contributed by atoms with E-state index < -0.39 is 5.97 Å². The smallest absolute Gasteiger partial charge is 0.361 e. The first-order valence-electron chi connectivity index (χ1n) is 6.26. The number of anilines is 1. The zero-order chi connectivity index (χ0) is 15.9. The minimum atomic E-state index is -0.684. The summed E-state index contributed by atoms with van der Waals surface area (Å²) in [5.74, 6) is -0.340. The predicted molar refractivity (Wildman–Crippen MR) is 78.1 cm³/mol. The molecule has 9 nitrogen and oxygen atoms in total. The van der Waals surface area contributed by atoms with Crippen LogP contribution in [0.5, 0.6) is 0 Å². The molecule has 0 bridgehead atoms. The Morgan fingerprint density at radius 2 is 2.41 bits per heavy atom. The van der Waals surface area contributed by atoms with Crippen LogP contribution in [-0.2, 0) is 20.9 Å². The summed E-state index contributed by atoms with van der Waals surface area (Å²) in [7, 11) is 0. The molecule has 2 rings (SSSR count). The Bertz CT molecular complexity index is 693. The largest absolute Gasteiger partial charge is 0.461 e. The number of amides is 1. The summed E-state index contributed by atoms with van der Waals surface area (Å²) in [6.07, 6.45) is 2.08. The second-order valence-electron chi connectivity index (χ2n) is 4.00. The van der Waals surface area contributed by atoms with Crippen LogP contribution in [-0.4, -0.2) is 44.9 Å². The van der Waals surface area contributed by atoms with Crippen molar-refractivity contribution in [2.24, 2.45) is 5.16 Å². The van der Waals surface area contributed by atoms with Gasteiger partial charge in [-0.3, -0.25) is 4.79 Å². The molecule has 0 fully saturated rings. The molecule has 2 aromatic heterocycles. The van der Waals surface area contributed by atoms with E-state index in [4.69, 9.17) is 9.94 Å². The molecular formula is C12H13N5O4S. The Morgan fingerprint density at radius 3 is 3.09 bits per heavy atom. The fraction of sp³-hybridized carbons (Fsp3) is 0.250. The lowest BCUT2D eigenvalue weighted by molar-refractivity contribution is -0.135. The van der Waals surface area contributed by atoms with Crippen LogP contribution in [0.4, 0.5) is 5.82 Å². The highest BCUT2D eigenvalue weighted by atomic mass is 32.1. The van der Waals surface area contributed by atoms with E-state index in [1.54, 1.807) is 25.3 Å². The lowest BCUT2D eigenvalue weighted by atomic mass is 10.3. The van der Waals surface area contributed by atoms with Gasteiger partial charge in [0.25, 0.3) is 0 Å². The highest BCUT2D eigenvalue weighted by Crippen LogP contribution is 2.19. The quantitative estimate of drug-likeness (QED) is 0.254. The zero-order valence-electron chi connectivity index (χ0n) is 11.6. The van der Waals surface area contributed by atoms with E-state index in [1.807, 2.05) is 0 Å². The van der Waals surface area contributed by atoms with Crippen LogP contribution >= 0.6 is 11.3 Å². The van der Waals surface area contributed by atoms with Gasteiger partial charge in [0.1, 0.15) is 0 Å². The number of hydrogen-bond donors (Lipinski definition) is 2. The van der Waals surface area contributed by atoms with Crippen molar-refractivity contribution in [2.75, 3.05) is 11.9 Å². The molecular weight excluding hydrogens is 310 g/mol. The number of carbonyl (C=O) groups excluding carboxylic acids is 2. The van der Waals surface area contributed by atoms with Crippen LogP contribution in [0.15, 0.2) is 23.5 Å². The molecule has 2 N–H and O–H groups in total. The maximum Gasteiger partial charge on any atom is 0.361 e. The number of nitrogens with one attached hydrogen (secondary N) is 1. The molecule has 0 aromatic carbocycles. The lowest BCUT2D eigenvalue weighted by Crippen LogP contribution is -2.17. The number of nitrogens with zero attached hydrogens (tertiary/aromatic N) is 4. The molecule has 116 valence electrons. The van der Waals surface area contributed by atoms with Crippen LogP contribution in [0.2, 0.25) is 0 Å².